The van der Waals surface area contributed by atoms with Gasteiger partial charge in [-0.05, 0) is 29.5 Å². The highest BCUT2D eigenvalue weighted by Gasteiger charge is 2.10. The maximum absolute atomic E-state index is 11.7. The van der Waals surface area contributed by atoms with E-state index in [2.05, 4.69) is 30.9 Å². The molecule has 0 aliphatic heterocycles. The average molecular weight is 240 g/mol. The second kappa shape index (κ2) is 4.21. The molecule has 7 heteroatoms. The van der Waals surface area contributed by atoms with Gasteiger partial charge >= 0.3 is 0 Å². The summed E-state index contributed by atoms with van der Waals surface area (Å²) in [6.45, 7) is 0. The van der Waals surface area contributed by atoms with Crippen molar-refractivity contribution in [1.29, 1.82) is 0 Å². The Kier molecular flexibility index (Phi) is 2.41. The third kappa shape index (κ3) is 1.88. The highest BCUT2D eigenvalue weighted by atomic mass is 16.2. The molecule has 1 aromatic carbocycles. The number of carbonyl (C=O) groups is 1. The zero-order valence-corrected chi connectivity index (χ0v) is 9.16. The van der Waals surface area contributed by atoms with Crippen molar-refractivity contribution in [3.8, 4) is 0 Å². The van der Waals surface area contributed by atoms with Gasteiger partial charge in [-0.25, -0.2) is 0 Å². The number of anilines is 1. The predicted molar refractivity (Wildman–Crippen MR) is 63.9 cm³/mol. The van der Waals surface area contributed by atoms with Crippen LogP contribution in [0.4, 0.5) is 5.69 Å². The number of nitrogens with one attached hydrogen (secondary N) is 2. The topological polar surface area (TPSA) is 96.5 Å². The summed E-state index contributed by atoms with van der Waals surface area (Å²) >= 11 is 0. The molecule has 88 valence electrons. The van der Waals surface area contributed by atoms with E-state index < -0.39 is 5.91 Å². The number of aromatic nitrogens is 5. The first kappa shape index (κ1) is 10.3. The number of aromatic amines is 1. The minimum Gasteiger partial charge on any atom is -0.319 e. The van der Waals surface area contributed by atoms with Crippen molar-refractivity contribution in [3.05, 3.63) is 42.4 Å². The van der Waals surface area contributed by atoms with E-state index in [0.29, 0.717) is 5.69 Å². The van der Waals surface area contributed by atoms with Gasteiger partial charge in [0, 0.05) is 17.3 Å². The molecule has 0 saturated carbocycles. The maximum Gasteiger partial charge on any atom is 0.297 e. The van der Waals surface area contributed by atoms with E-state index in [0.717, 1.165) is 10.9 Å². The van der Waals surface area contributed by atoms with Crippen molar-refractivity contribution >= 4 is 22.5 Å². The second-order valence-corrected chi connectivity index (χ2v) is 3.60. The molecule has 3 aromatic rings. The molecule has 7 nitrogen and oxygen atoms in total. The molecule has 3 rings (SSSR count). The molecule has 0 radical (unpaired) electrons. The van der Waals surface area contributed by atoms with Crippen LogP contribution in [0.1, 0.15) is 10.6 Å². The van der Waals surface area contributed by atoms with Crippen LogP contribution in [0.2, 0.25) is 0 Å². The lowest BCUT2D eigenvalue weighted by atomic mass is 10.2. The van der Waals surface area contributed by atoms with Gasteiger partial charge in [-0.2, -0.15) is 5.21 Å². The molecule has 2 N–H and O–H groups in total. The van der Waals surface area contributed by atoms with Crippen LogP contribution in [0.3, 0.4) is 0 Å². The van der Waals surface area contributed by atoms with E-state index >= 15 is 0 Å². The van der Waals surface area contributed by atoms with E-state index in [9.17, 15) is 4.79 Å². The third-order valence-corrected chi connectivity index (χ3v) is 2.41. The van der Waals surface area contributed by atoms with Gasteiger partial charge in [-0.1, -0.05) is 6.07 Å². The smallest absolute Gasteiger partial charge is 0.297 e. The monoisotopic (exact) mass is 240 g/mol. The van der Waals surface area contributed by atoms with Crippen LogP contribution in [0, 0.1) is 0 Å². The Balaban J connectivity index is 1.89. The normalized spacial score (nSPS) is 10.4. The number of nitrogens with zero attached hydrogens (tertiary/aromatic N) is 4. The molecule has 1 amide bonds. The van der Waals surface area contributed by atoms with E-state index in [1.807, 2.05) is 24.3 Å². The summed E-state index contributed by atoms with van der Waals surface area (Å²) in [6.07, 6.45) is 1.72. The number of pyridine rings is 1. The summed E-state index contributed by atoms with van der Waals surface area (Å²) in [5, 5.41) is 16.4. The summed E-state index contributed by atoms with van der Waals surface area (Å²) in [7, 11) is 0. The van der Waals surface area contributed by atoms with Crippen molar-refractivity contribution in [2.24, 2.45) is 0 Å². The van der Waals surface area contributed by atoms with Crippen LogP contribution >= 0.6 is 0 Å². The summed E-state index contributed by atoms with van der Waals surface area (Å²) in [5.74, 6) is -0.409. The van der Waals surface area contributed by atoms with Crippen LogP contribution in [0.5, 0.6) is 0 Å². The van der Waals surface area contributed by atoms with Crippen LogP contribution in [0.25, 0.3) is 10.9 Å². The molecule has 0 unspecified atom stereocenters. The molecule has 2 heterocycles. The number of amides is 1. The zero-order chi connectivity index (χ0) is 12.4. The Hall–Kier alpha value is -2.83. The summed E-state index contributed by atoms with van der Waals surface area (Å²) in [4.78, 5) is 15.9. The van der Waals surface area contributed by atoms with Gasteiger partial charge < -0.3 is 5.32 Å². The fourth-order valence-corrected chi connectivity index (χ4v) is 1.60. The van der Waals surface area contributed by atoms with Gasteiger partial charge in [0.2, 0.25) is 0 Å². The van der Waals surface area contributed by atoms with Crippen molar-refractivity contribution in [1.82, 2.24) is 25.6 Å². The molecule has 0 atom stereocenters. The quantitative estimate of drug-likeness (QED) is 0.696. The van der Waals surface area contributed by atoms with Crippen LogP contribution in [-0.4, -0.2) is 31.5 Å². The molecule has 0 saturated heterocycles. The summed E-state index contributed by atoms with van der Waals surface area (Å²) in [6, 6.07) is 9.20. The molecule has 0 fully saturated rings. The van der Waals surface area contributed by atoms with Gasteiger partial charge in [0.1, 0.15) is 0 Å². The van der Waals surface area contributed by atoms with Crippen LogP contribution in [-0.2, 0) is 0 Å². The van der Waals surface area contributed by atoms with Gasteiger partial charge in [0.25, 0.3) is 11.7 Å². The van der Waals surface area contributed by atoms with E-state index in [-0.39, 0.29) is 5.82 Å². The highest BCUT2D eigenvalue weighted by molar-refractivity contribution is 6.02. The lowest BCUT2D eigenvalue weighted by molar-refractivity contribution is 0.101. The van der Waals surface area contributed by atoms with Crippen molar-refractivity contribution in [3.63, 3.8) is 0 Å². The number of hydrogen-bond donors (Lipinski definition) is 2. The Bertz CT molecular complexity index is 694. The van der Waals surface area contributed by atoms with Crippen LogP contribution < -0.4 is 5.32 Å². The first-order valence-electron chi connectivity index (χ1n) is 5.22. The van der Waals surface area contributed by atoms with Crippen molar-refractivity contribution in [2.45, 2.75) is 0 Å². The van der Waals surface area contributed by atoms with E-state index in [4.69, 9.17) is 0 Å². The maximum atomic E-state index is 11.7. The average Bonchev–Trinajstić information content (AvgIpc) is 2.92. The van der Waals surface area contributed by atoms with E-state index in [1.165, 1.54) is 0 Å². The lowest BCUT2D eigenvalue weighted by Crippen LogP contribution is -2.13. The molecule has 0 spiro atoms. The number of benzene rings is 1. The Labute approximate surface area is 101 Å². The summed E-state index contributed by atoms with van der Waals surface area (Å²) in [5.41, 5.74) is 1.53. The van der Waals surface area contributed by atoms with Gasteiger partial charge in [0.05, 0.1) is 5.52 Å². The number of rotatable bonds is 2. The first-order chi connectivity index (χ1) is 8.83. The molecule has 0 bridgehead atoms. The molecule has 18 heavy (non-hydrogen) atoms. The molecule has 0 aliphatic rings. The van der Waals surface area contributed by atoms with Gasteiger partial charge in [0.15, 0.2) is 0 Å². The number of hydrogen-bond acceptors (Lipinski definition) is 5. The van der Waals surface area contributed by atoms with E-state index in [1.54, 1.807) is 12.3 Å². The number of fused-ring (bicyclic) bond motifs is 1. The molecule has 2 aromatic heterocycles. The minimum absolute atomic E-state index is 0.00119. The number of carbonyl (C=O) groups excluding carboxylic acids is 1. The predicted octanol–water partition coefficient (Wildman–Crippen LogP) is 1.00. The first-order valence-corrected chi connectivity index (χ1v) is 5.22. The lowest BCUT2D eigenvalue weighted by Gasteiger charge is -2.03. The Morgan fingerprint density at radius 2 is 2.22 bits per heavy atom. The fourth-order valence-electron chi connectivity index (χ4n) is 1.60. The summed E-state index contributed by atoms with van der Waals surface area (Å²) < 4.78 is 0. The number of tetrazole rings is 1. The minimum atomic E-state index is -0.410. The second-order valence-electron chi connectivity index (χ2n) is 3.60. The molecular weight excluding hydrogens is 232 g/mol. The van der Waals surface area contributed by atoms with Crippen molar-refractivity contribution in [2.75, 3.05) is 5.32 Å². The SMILES string of the molecule is O=C(Nc1ccc2ncccc2c1)c1nn[nH]n1. The Morgan fingerprint density at radius 1 is 1.28 bits per heavy atom. The zero-order valence-electron chi connectivity index (χ0n) is 9.16. The third-order valence-electron chi connectivity index (χ3n) is 2.41. The van der Waals surface area contributed by atoms with Gasteiger partial charge in [-0.3, -0.25) is 9.78 Å². The fraction of sp³-hybridized carbons (Fsp3) is 0. The molecule has 0 aliphatic carbocycles. The van der Waals surface area contributed by atoms with Crippen molar-refractivity contribution < 1.29 is 4.79 Å². The Morgan fingerprint density at radius 3 is 3.06 bits per heavy atom. The molecular formula is C11H8N6O. The highest BCUT2D eigenvalue weighted by Crippen LogP contribution is 2.17. The standard InChI is InChI=1S/C11H8N6O/c18-11(10-14-16-17-15-10)13-8-3-4-9-7(6-8)2-1-5-12-9/h1-6H,(H,13,18)(H,14,15,16,17). The van der Waals surface area contributed by atoms with Gasteiger partial charge in [-0.15, -0.1) is 10.2 Å². The van der Waals surface area contributed by atoms with Crippen LogP contribution in [0.15, 0.2) is 36.5 Å². The number of H-pyrrole nitrogens is 1. The largest absolute Gasteiger partial charge is 0.319 e.